The van der Waals surface area contributed by atoms with Gasteiger partial charge in [-0.25, -0.2) is 8.78 Å². The number of anilines is 2. The summed E-state index contributed by atoms with van der Waals surface area (Å²) < 4.78 is 28.2. The largest absolute Gasteiger partial charge is 0.363 e. The van der Waals surface area contributed by atoms with Crippen LogP contribution >= 0.6 is 0 Å². The van der Waals surface area contributed by atoms with E-state index in [4.69, 9.17) is 5.41 Å². The van der Waals surface area contributed by atoms with E-state index >= 15 is 0 Å². The first kappa shape index (κ1) is 21.6. The van der Waals surface area contributed by atoms with Gasteiger partial charge in [0, 0.05) is 38.3 Å². The number of hydrogen-bond donors (Lipinski definition) is 3. The lowest BCUT2D eigenvalue weighted by atomic mass is 10.1. The first-order chi connectivity index (χ1) is 14.7. The minimum atomic E-state index is -0.925. The fourth-order valence-electron chi connectivity index (χ4n) is 2.75. The molecule has 8 nitrogen and oxygen atoms in total. The summed E-state index contributed by atoms with van der Waals surface area (Å²) in [5.74, 6) is -2.50. The van der Waals surface area contributed by atoms with Gasteiger partial charge in [-0.15, -0.1) is 0 Å². The smallest absolute Gasteiger partial charge is 0.261 e. The maximum Gasteiger partial charge on any atom is 0.261 e. The second-order valence-electron chi connectivity index (χ2n) is 6.88. The van der Waals surface area contributed by atoms with Crippen molar-refractivity contribution in [2.45, 2.75) is 0 Å². The number of aryl methyl sites for hydroxylation is 1. The molecule has 2 aromatic carbocycles. The Bertz CT molecular complexity index is 1160. The van der Waals surface area contributed by atoms with Crippen molar-refractivity contribution in [3.63, 3.8) is 0 Å². The van der Waals surface area contributed by atoms with Crippen LogP contribution in [0.3, 0.4) is 0 Å². The molecule has 3 N–H and O–H groups in total. The van der Waals surface area contributed by atoms with E-state index in [-0.39, 0.29) is 17.1 Å². The van der Waals surface area contributed by atoms with Gasteiger partial charge in [-0.1, -0.05) is 12.1 Å². The van der Waals surface area contributed by atoms with Crippen LogP contribution in [0.4, 0.5) is 20.3 Å². The van der Waals surface area contributed by atoms with Gasteiger partial charge in [-0.2, -0.15) is 5.10 Å². The number of nitrogens with one attached hydrogen (secondary N) is 3. The average molecular weight is 426 g/mol. The quantitative estimate of drug-likeness (QED) is 0.431. The van der Waals surface area contributed by atoms with Gasteiger partial charge in [0.15, 0.2) is 0 Å². The maximum atomic E-state index is 13.8. The summed E-state index contributed by atoms with van der Waals surface area (Å²) >= 11 is 0. The lowest BCUT2D eigenvalue weighted by molar-refractivity contribution is 0.102. The van der Waals surface area contributed by atoms with Gasteiger partial charge in [0.2, 0.25) is 0 Å². The molecule has 10 heteroatoms. The monoisotopic (exact) mass is 426 g/mol. The Labute approximate surface area is 177 Å². The number of halogens is 2. The van der Waals surface area contributed by atoms with Crippen LogP contribution in [0.25, 0.3) is 0 Å². The van der Waals surface area contributed by atoms with Crippen molar-refractivity contribution in [2.75, 3.05) is 24.7 Å². The van der Waals surface area contributed by atoms with Crippen LogP contribution in [0.15, 0.2) is 48.7 Å². The molecule has 1 aromatic heterocycles. The van der Waals surface area contributed by atoms with Gasteiger partial charge in [0.05, 0.1) is 11.9 Å². The molecule has 160 valence electrons. The molecule has 0 saturated heterocycles. The fraction of sp³-hybridized carbons (Fsp3) is 0.143. The number of amidine groups is 1. The number of nitrogens with zero attached hydrogens (tertiary/aromatic N) is 3. The van der Waals surface area contributed by atoms with E-state index in [9.17, 15) is 18.4 Å². The van der Waals surface area contributed by atoms with Gasteiger partial charge >= 0.3 is 0 Å². The molecule has 0 bridgehead atoms. The number of aromatic nitrogens is 2. The average Bonchev–Trinajstić information content (AvgIpc) is 3.09. The molecule has 31 heavy (non-hydrogen) atoms. The highest BCUT2D eigenvalue weighted by Gasteiger charge is 2.20. The third-order valence-corrected chi connectivity index (χ3v) is 4.46. The van der Waals surface area contributed by atoms with Crippen LogP contribution < -0.4 is 10.6 Å². The van der Waals surface area contributed by atoms with Crippen molar-refractivity contribution in [1.82, 2.24) is 14.7 Å². The Morgan fingerprint density at radius 3 is 2.26 bits per heavy atom. The standard InChI is InChI=1S/C21H20F2N6O2/c1-28(2)18(24)12-4-6-13(7-5-12)20(30)27-19-15(11-25-29(19)3)21(31)26-17-9-8-14(22)10-16(17)23/h4-11,24H,1-3H3,(H,26,31)(H,27,30). The Hall–Kier alpha value is -4.08. The van der Waals surface area contributed by atoms with Crippen molar-refractivity contribution >= 4 is 29.2 Å². The van der Waals surface area contributed by atoms with Crippen molar-refractivity contribution in [3.05, 3.63) is 77.0 Å². The zero-order valence-electron chi connectivity index (χ0n) is 17.0. The molecule has 0 radical (unpaired) electrons. The highest BCUT2D eigenvalue weighted by atomic mass is 19.1. The van der Waals surface area contributed by atoms with Crippen molar-refractivity contribution in [3.8, 4) is 0 Å². The van der Waals surface area contributed by atoms with Gasteiger partial charge in [0.1, 0.15) is 28.9 Å². The van der Waals surface area contributed by atoms with Crippen molar-refractivity contribution in [1.29, 1.82) is 5.41 Å². The first-order valence-corrected chi connectivity index (χ1v) is 9.13. The fourth-order valence-corrected chi connectivity index (χ4v) is 2.75. The lowest BCUT2D eigenvalue weighted by Crippen LogP contribution is -2.22. The van der Waals surface area contributed by atoms with E-state index in [2.05, 4.69) is 15.7 Å². The molecule has 3 aromatic rings. The van der Waals surface area contributed by atoms with Crippen LogP contribution in [-0.2, 0) is 7.05 Å². The Morgan fingerprint density at radius 1 is 1.00 bits per heavy atom. The third-order valence-electron chi connectivity index (χ3n) is 4.46. The zero-order chi connectivity index (χ0) is 22.7. The molecule has 1 heterocycles. The Morgan fingerprint density at radius 2 is 1.65 bits per heavy atom. The molecular weight excluding hydrogens is 406 g/mol. The maximum absolute atomic E-state index is 13.8. The van der Waals surface area contributed by atoms with Gasteiger partial charge < -0.3 is 15.5 Å². The number of carbonyl (C=O) groups is 2. The van der Waals surface area contributed by atoms with E-state index in [0.29, 0.717) is 23.0 Å². The summed E-state index contributed by atoms with van der Waals surface area (Å²) in [4.78, 5) is 26.9. The van der Waals surface area contributed by atoms with E-state index in [1.807, 2.05) is 0 Å². The van der Waals surface area contributed by atoms with E-state index < -0.39 is 23.4 Å². The number of rotatable bonds is 5. The van der Waals surface area contributed by atoms with Crippen LogP contribution in [0.1, 0.15) is 26.3 Å². The minimum absolute atomic E-state index is 0.00517. The molecule has 0 fully saturated rings. The molecule has 0 aliphatic heterocycles. The van der Waals surface area contributed by atoms with Crippen molar-refractivity contribution in [2.24, 2.45) is 7.05 Å². The Balaban J connectivity index is 1.78. The van der Waals surface area contributed by atoms with Gasteiger partial charge in [-0.3, -0.25) is 19.7 Å². The molecule has 3 rings (SSSR count). The SMILES string of the molecule is CN(C)C(=N)c1ccc(C(=O)Nc2c(C(=O)Nc3ccc(F)cc3F)cnn2C)cc1. The second-order valence-corrected chi connectivity index (χ2v) is 6.88. The molecular formula is C21H20F2N6O2. The zero-order valence-corrected chi connectivity index (χ0v) is 17.0. The normalized spacial score (nSPS) is 10.5. The third kappa shape index (κ3) is 4.74. The van der Waals surface area contributed by atoms with Gasteiger partial charge in [-0.05, 0) is 24.3 Å². The van der Waals surface area contributed by atoms with E-state index in [0.717, 1.165) is 12.1 Å². The predicted molar refractivity (Wildman–Crippen MR) is 112 cm³/mol. The van der Waals surface area contributed by atoms with Crippen LogP contribution in [0.5, 0.6) is 0 Å². The number of benzene rings is 2. The van der Waals surface area contributed by atoms with Gasteiger partial charge in [0.25, 0.3) is 11.8 Å². The van der Waals surface area contributed by atoms with Crippen LogP contribution in [-0.4, -0.2) is 46.4 Å². The topological polar surface area (TPSA) is 103 Å². The number of amides is 2. The molecule has 0 atom stereocenters. The van der Waals surface area contributed by atoms with Crippen LogP contribution in [0, 0.1) is 17.0 Å². The molecule has 0 spiro atoms. The summed E-state index contributed by atoms with van der Waals surface area (Å²) in [6.45, 7) is 0. The lowest BCUT2D eigenvalue weighted by Gasteiger charge is -2.14. The number of hydrogen-bond acceptors (Lipinski definition) is 4. The summed E-state index contributed by atoms with van der Waals surface area (Å²) in [6.07, 6.45) is 1.23. The summed E-state index contributed by atoms with van der Waals surface area (Å²) in [5, 5.41) is 16.9. The second kappa shape index (κ2) is 8.74. The highest BCUT2D eigenvalue weighted by Crippen LogP contribution is 2.20. The molecule has 0 saturated carbocycles. The summed E-state index contributed by atoms with van der Waals surface area (Å²) in [5.41, 5.74) is 0.757. The summed E-state index contributed by atoms with van der Waals surface area (Å²) in [6, 6.07) is 9.19. The minimum Gasteiger partial charge on any atom is -0.363 e. The summed E-state index contributed by atoms with van der Waals surface area (Å²) in [7, 11) is 5.03. The Kier molecular flexibility index (Phi) is 6.10. The molecule has 2 amide bonds. The van der Waals surface area contributed by atoms with E-state index in [1.165, 1.54) is 17.9 Å². The number of carbonyl (C=O) groups excluding carboxylic acids is 2. The predicted octanol–water partition coefficient (Wildman–Crippen LogP) is 3.09. The molecule has 0 aliphatic rings. The highest BCUT2D eigenvalue weighted by molar-refractivity contribution is 6.12. The molecule has 0 aliphatic carbocycles. The van der Waals surface area contributed by atoms with Crippen molar-refractivity contribution < 1.29 is 18.4 Å². The van der Waals surface area contributed by atoms with E-state index in [1.54, 1.807) is 43.3 Å². The first-order valence-electron chi connectivity index (χ1n) is 9.13. The van der Waals surface area contributed by atoms with Crippen LogP contribution in [0.2, 0.25) is 0 Å². The molecule has 0 unspecified atom stereocenters.